The second-order valence-corrected chi connectivity index (χ2v) is 5.83. The number of aromatic hydroxyl groups is 1. The number of hydrogen-bond acceptors (Lipinski definition) is 4. The van der Waals surface area contributed by atoms with Crippen molar-refractivity contribution in [3.63, 3.8) is 0 Å². The third-order valence-corrected chi connectivity index (χ3v) is 2.55. The van der Waals surface area contributed by atoms with Crippen molar-refractivity contribution in [1.82, 2.24) is 5.32 Å². The van der Waals surface area contributed by atoms with E-state index >= 15 is 0 Å². The second kappa shape index (κ2) is 6.13. The number of rotatable bonds is 3. The molecule has 1 aromatic carbocycles. The molecule has 0 heterocycles. The molecule has 0 bridgehead atoms. The molecule has 0 saturated heterocycles. The molecule has 1 rings (SSSR count). The van der Waals surface area contributed by atoms with Crippen molar-refractivity contribution >= 4 is 23.5 Å². The molecule has 0 spiro atoms. The van der Waals surface area contributed by atoms with Gasteiger partial charge in [-0.1, -0.05) is 11.6 Å². The van der Waals surface area contributed by atoms with Gasteiger partial charge >= 0.3 is 5.97 Å². The van der Waals surface area contributed by atoms with E-state index in [2.05, 4.69) is 5.32 Å². The van der Waals surface area contributed by atoms with Gasteiger partial charge in [0.1, 0.15) is 17.4 Å². The number of nitrogens with one attached hydrogen (secondary N) is 1. The van der Waals surface area contributed by atoms with Crippen LogP contribution in [0.5, 0.6) is 5.75 Å². The number of carbonyl (C=O) groups is 2. The SMILES string of the molecule is C[C@@H](NC(=O)c1cc(Cl)ccc1O)C(=O)OC(C)(C)C. The zero-order valence-electron chi connectivity index (χ0n) is 11.9. The molecule has 0 saturated carbocycles. The molecule has 0 aliphatic rings. The zero-order chi connectivity index (χ0) is 15.5. The summed E-state index contributed by atoms with van der Waals surface area (Å²) in [5, 5.41) is 12.4. The summed E-state index contributed by atoms with van der Waals surface area (Å²) in [6, 6.07) is 3.27. The van der Waals surface area contributed by atoms with Crippen molar-refractivity contribution in [3.8, 4) is 5.75 Å². The Bertz CT molecular complexity index is 522. The highest BCUT2D eigenvalue weighted by Gasteiger charge is 2.24. The molecular weight excluding hydrogens is 282 g/mol. The molecule has 2 N–H and O–H groups in total. The molecule has 20 heavy (non-hydrogen) atoms. The standard InChI is InChI=1S/C14H18ClNO4/c1-8(13(19)20-14(2,3)4)16-12(18)10-7-9(15)5-6-11(10)17/h5-8,17H,1-4H3,(H,16,18)/t8-/m1/s1. The lowest BCUT2D eigenvalue weighted by Gasteiger charge is -2.22. The first-order chi connectivity index (χ1) is 9.10. The summed E-state index contributed by atoms with van der Waals surface area (Å²) in [5.74, 6) is -1.35. The highest BCUT2D eigenvalue weighted by molar-refractivity contribution is 6.31. The van der Waals surface area contributed by atoms with Crippen molar-refractivity contribution in [2.75, 3.05) is 0 Å². The predicted octanol–water partition coefficient (Wildman–Crippen LogP) is 2.51. The lowest BCUT2D eigenvalue weighted by atomic mass is 10.1. The molecule has 0 radical (unpaired) electrons. The summed E-state index contributed by atoms with van der Waals surface area (Å²) in [5.41, 5.74) is -0.623. The van der Waals surface area contributed by atoms with Gasteiger partial charge in [0, 0.05) is 5.02 Å². The fourth-order valence-corrected chi connectivity index (χ4v) is 1.59. The van der Waals surface area contributed by atoms with Gasteiger partial charge in [-0.25, -0.2) is 4.79 Å². The van der Waals surface area contributed by atoms with Gasteiger partial charge in [-0.15, -0.1) is 0 Å². The average molecular weight is 300 g/mol. The van der Waals surface area contributed by atoms with E-state index in [-0.39, 0.29) is 11.3 Å². The normalized spacial score (nSPS) is 12.7. The summed E-state index contributed by atoms with van der Waals surface area (Å²) < 4.78 is 5.15. The molecule has 0 fully saturated rings. The largest absolute Gasteiger partial charge is 0.507 e. The number of phenolic OH excluding ortho intramolecular Hbond substituents is 1. The molecule has 1 aromatic rings. The van der Waals surface area contributed by atoms with E-state index in [1.807, 2.05) is 0 Å². The molecule has 1 amide bonds. The zero-order valence-corrected chi connectivity index (χ0v) is 12.6. The summed E-state index contributed by atoms with van der Waals surface area (Å²) in [7, 11) is 0. The Kier molecular flexibility index (Phi) is 5.00. The van der Waals surface area contributed by atoms with Crippen LogP contribution in [0.25, 0.3) is 0 Å². The summed E-state index contributed by atoms with van der Waals surface area (Å²) in [4.78, 5) is 23.7. The smallest absolute Gasteiger partial charge is 0.328 e. The number of phenols is 1. The quantitative estimate of drug-likeness (QED) is 0.841. The Labute approximate surface area is 122 Å². The number of esters is 1. The Morgan fingerprint density at radius 2 is 1.95 bits per heavy atom. The van der Waals surface area contributed by atoms with E-state index in [9.17, 15) is 14.7 Å². The number of ether oxygens (including phenoxy) is 1. The monoisotopic (exact) mass is 299 g/mol. The van der Waals surface area contributed by atoms with Crippen LogP contribution in [0.15, 0.2) is 18.2 Å². The van der Waals surface area contributed by atoms with Crippen LogP contribution in [0.4, 0.5) is 0 Å². The fraction of sp³-hybridized carbons (Fsp3) is 0.429. The molecule has 6 heteroatoms. The van der Waals surface area contributed by atoms with Gasteiger partial charge in [0.2, 0.25) is 0 Å². The fourth-order valence-electron chi connectivity index (χ4n) is 1.41. The summed E-state index contributed by atoms with van der Waals surface area (Å²) in [6.45, 7) is 6.72. The molecule has 0 unspecified atom stereocenters. The van der Waals surface area contributed by atoms with Gasteiger partial charge in [-0.05, 0) is 45.9 Å². The van der Waals surface area contributed by atoms with Gasteiger partial charge in [0.25, 0.3) is 5.91 Å². The van der Waals surface area contributed by atoms with Crippen molar-refractivity contribution in [2.45, 2.75) is 39.3 Å². The number of amides is 1. The maximum absolute atomic E-state index is 12.0. The minimum absolute atomic E-state index is 0.00732. The van der Waals surface area contributed by atoms with E-state index in [0.717, 1.165) is 0 Å². The Balaban J connectivity index is 2.75. The maximum Gasteiger partial charge on any atom is 0.328 e. The Hall–Kier alpha value is -1.75. The molecule has 0 aromatic heterocycles. The average Bonchev–Trinajstić information content (AvgIpc) is 2.29. The van der Waals surface area contributed by atoms with Crippen LogP contribution in [0.1, 0.15) is 38.1 Å². The number of carbonyl (C=O) groups excluding carboxylic acids is 2. The lowest BCUT2D eigenvalue weighted by Crippen LogP contribution is -2.42. The predicted molar refractivity (Wildman–Crippen MR) is 75.9 cm³/mol. The van der Waals surface area contributed by atoms with Gasteiger partial charge in [-0.2, -0.15) is 0 Å². The first kappa shape index (κ1) is 16.3. The van der Waals surface area contributed by atoms with Crippen molar-refractivity contribution in [2.24, 2.45) is 0 Å². The van der Waals surface area contributed by atoms with Crippen LogP contribution in [0, 0.1) is 0 Å². The number of benzene rings is 1. The van der Waals surface area contributed by atoms with Crippen LogP contribution in [0.3, 0.4) is 0 Å². The molecule has 0 aliphatic carbocycles. The van der Waals surface area contributed by atoms with Gasteiger partial charge in [-0.3, -0.25) is 4.79 Å². The van der Waals surface area contributed by atoms with E-state index in [1.165, 1.54) is 25.1 Å². The van der Waals surface area contributed by atoms with Crippen LogP contribution < -0.4 is 5.32 Å². The second-order valence-electron chi connectivity index (χ2n) is 5.39. The van der Waals surface area contributed by atoms with Crippen LogP contribution in [-0.2, 0) is 9.53 Å². The minimum Gasteiger partial charge on any atom is -0.507 e. The van der Waals surface area contributed by atoms with Crippen LogP contribution in [-0.4, -0.2) is 28.6 Å². The van der Waals surface area contributed by atoms with Crippen molar-refractivity contribution in [3.05, 3.63) is 28.8 Å². The summed E-state index contributed by atoms with van der Waals surface area (Å²) in [6.07, 6.45) is 0. The first-order valence-electron chi connectivity index (χ1n) is 6.12. The van der Waals surface area contributed by atoms with Crippen molar-refractivity contribution < 1.29 is 19.4 Å². The van der Waals surface area contributed by atoms with E-state index in [4.69, 9.17) is 16.3 Å². The maximum atomic E-state index is 12.0. The number of halogens is 1. The van der Waals surface area contributed by atoms with Crippen LogP contribution >= 0.6 is 11.6 Å². The lowest BCUT2D eigenvalue weighted by molar-refractivity contribution is -0.156. The third kappa shape index (κ3) is 4.74. The van der Waals surface area contributed by atoms with Gasteiger partial charge in [0.05, 0.1) is 5.56 Å². The van der Waals surface area contributed by atoms with Crippen molar-refractivity contribution in [1.29, 1.82) is 0 Å². The molecule has 1 atom stereocenters. The Morgan fingerprint density at radius 1 is 1.35 bits per heavy atom. The summed E-state index contributed by atoms with van der Waals surface area (Å²) >= 11 is 5.76. The highest BCUT2D eigenvalue weighted by Crippen LogP contribution is 2.21. The molecule has 5 nitrogen and oxygen atoms in total. The van der Waals surface area contributed by atoms with E-state index in [1.54, 1.807) is 20.8 Å². The minimum atomic E-state index is -0.833. The molecular formula is C14H18ClNO4. The van der Waals surface area contributed by atoms with Gasteiger partial charge in [0.15, 0.2) is 0 Å². The first-order valence-corrected chi connectivity index (χ1v) is 6.50. The number of hydrogen-bond donors (Lipinski definition) is 2. The van der Waals surface area contributed by atoms with Crippen LogP contribution in [0.2, 0.25) is 5.02 Å². The molecule has 0 aliphatic heterocycles. The third-order valence-electron chi connectivity index (χ3n) is 2.31. The highest BCUT2D eigenvalue weighted by atomic mass is 35.5. The molecule has 110 valence electrons. The van der Waals surface area contributed by atoms with E-state index < -0.39 is 23.5 Å². The Morgan fingerprint density at radius 3 is 2.50 bits per heavy atom. The van der Waals surface area contributed by atoms with Gasteiger partial charge < -0.3 is 15.2 Å². The topological polar surface area (TPSA) is 75.6 Å². The van der Waals surface area contributed by atoms with E-state index in [0.29, 0.717) is 5.02 Å².